The number of hydrogen-bond acceptors (Lipinski definition) is 7. The van der Waals surface area contributed by atoms with Gasteiger partial charge in [-0.1, -0.05) is 72.6 Å². The summed E-state index contributed by atoms with van der Waals surface area (Å²) in [4.78, 5) is 10.4. The standard InChI is InChI=1S/C40H70O8/c1-30(2)12-9-13-31(3)14-10-15-32(4)16-11-19-40(8)20-17-36-35(7)38(33(5)34(6)39(36)48-40)47-29-28-46-27-26-45-25-24-44-23-22-43-21-18-37(41)42/h30-32H,9-29H2,1-8H3,(H,41,42)/t31?,32?,40-/m1/s1. The average Bonchev–Trinajstić information content (AvgIpc) is 3.02. The Morgan fingerprint density at radius 3 is 1.75 bits per heavy atom. The Balaban J connectivity index is 1.64. The van der Waals surface area contributed by atoms with Crippen LogP contribution < -0.4 is 9.47 Å². The monoisotopic (exact) mass is 679 g/mol. The number of aliphatic carboxylic acids is 1. The van der Waals surface area contributed by atoms with E-state index in [9.17, 15) is 4.79 Å². The minimum atomic E-state index is -0.862. The molecule has 1 N–H and O–H groups in total. The molecule has 0 saturated carbocycles. The lowest BCUT2D eigenvalue weighted by molar-refractivity contribution is -0.138. The van der Waals surface area contributed by atoms with Gasteiger partial charge in [0.15, 0.2) is 0 Å². The van der Waals surface area contributed by atoms with Crippen molar-refractivity contribution in [2.24, 2.45) is 17.8 Å². The second-order valence-electron chi connectivity index (χ2n) is 14.9. The van der Waals surface area contributed by atoms with Crippen LogP contribution in [-0.2, 0) is 30.2 Å². The lowest BCUT2D eigenvalue weighted by Gasteiger charge is -2.38. The highest BCUT2D eigenvalue weighted by molar-refractivity contribution is 5.66. The summed E-state index contributed by atoms with van der Waals surface area (Å²) in [5.74, 6) is 3.65. The zero-order chi connectivity index (χ0) is 35.4. The van der Waals surface area contributed by atoms with Crippen LogP contribution >= 0.6 is 0 Å². The molecule has 0 radical (unpaired) electrons. The summed E-state index contributed by atoms with van der Waals surface area (Å²) in [6.45, 7) is 22.2. The van der Waals surface area contributed by atoms with Crippen LogP contribution in [0.3, 0.4) is 0 Å². The van der Waals surface area contributed by atoms with Crippen molar-refractivity contribution in [3.05, 3.63) is 22.3 Å². The first-order valence-corrected chi connectivity index (χ1v) is 18.9. The van der Waals surface area contributed by atoms with Gasteiger partial charge in [0, 0.05) is 5.56 Å². The van der Waals surface area contributed by atoms with Crippen LogP contribution in [0.5, 0.6) is 11.5 Å². The van der Waals surface area contributed by atoms with Crippen molar-refractivity contribution in [1.29, 1.82) is 0 Å². The average molecular weight is 679 g/mol. The molecule has 1 aromatic carbocycles. The van der Waals surface area contributed by atoms with Crippen LogP contribution in [0.2, 0.25) is 0 Å². The summed E-state index contributed by atoms with van der Waals surface area (Å²) in [6.07, 6.45) is 13.9. The molecule has 1 aromatic rings. The Kier molecular flexibility index (Phi) is 20.7. The first kappa shape index (κ1) is 42.3. The molecule has 3 atom stereocenters. The smallest absolute Gasteiger partial charge is 0.305 e. The topological polar surface area (TPSA) is 92.7 Å². The summed E-state index contributed by atoms with van der Waals surface area (Å²) < 4.78 is 34.9. The van der Waals surface area contributed by atoms with Crippen molar-refractivity contribution >= 4 is 5.97 Å². The zero-order valence-electron chi connectivity index (χ0n) is 31.9. The Labute approximate surface area is 292 Å². The molecule has 8 nitrogen and oxygen atoms in total. The Morgan fingerprint density at radius 1 is 0.708 bits per heavy atom. The molecule has 1 aliphatic rings. The van der Waals surface area contributed by atoms with Gasteiger partial charge in [-0.15, -0.1) is 0 Å². The zero-order valence-corrected chi connectivity index (χ0v) is 31.9. The fraction of sp³-hybridized carbons (Fsp3) is 0.825. The molecular formula is C40H70O8. The molecule has 0 bridgehead atoms. The third kappa shape index (κ3) is 16.7. The molecule has 1 heterocycles. The molecule has 48 heavy (non-hydrogen) atoms. The third-order valence-electron chi connectivity index (χ3n) is 9.89. The van der Waals surface area contributed by atoms with Crippen molar-refractivity contribution in [1.82, 2.24) is 0 Å². The quantitative estimate of drug-likeness (QED) is 0.0878. The van der Waals surface area contributed by atoms with E-state index < -0.39 is 5.97 Å². The van der Waals surface area contributed by atoms with Gasteiger partial charge in [-0.3, -0.25) is 4.79 Å². The predicted octanol–water partition coefficient (Wildman–Crippen LogP) is 9.05. The van der Waals surface area contributed by atoms with Crippen molar-refractivity contribution in [2.45, 2.75) is 138 Å². The normalized spacial score (nSPS) is 17.3. The van der Waals surface area contributed by atoms with Crippen LogP contribution in [0.15, 0.2) is 0 Å². The number of carboxylic acids is 1. The molecule has 0 saturated heterocycles. The van der Waals surface area contributed by atoms with Crippen molar-refractivity contribution < 1.29 is 38.3 Å². The molecule has 8 heteroatoms. The largest absolute Gasteiger partial charge is 0.491 e. The van der Waals surface area contributed by atoms with Crippen molar-refractivity contribution in [2.75, 3.05) is 59.5 Å². The van der Waals surface area contributed by atoms with Crippen LogP contribution in [0.1, 0.15) is 128 Å². The minimum Gasteiger partial charge on any atom is -0.491 e. The molecule has 0 spiro atoms. The number of carbonyl (C=O) groups is 1. The predicted molar refractivity (Wildman–Crippen MR) is 194 cm³/mol. The maximum absolute atomic E-state index is 10.4. The van der Waals surface area contributed by atoms with Crippen molar-refractivity contribution in [3.63, 3.8) is 0 Å². The van der Waals surface area contributed by atoms with Gasteiger partial charge < -0.3 is 33.5 Å². The van der Waals surface area contributed by atoms with Gasteiger partial charge in [0.05, 0.1) is 59.3 Å². The van der Waals surface area contributed by atoms with E-state index in [1.807, 2.05) is 0 Å². The number of fused-ring (bicyclic) bond motifs is 1. The second kappa shape index (κ2) is 23.5. The number of rotatable bonds is 28. The highest BCUT2D eigenvalue weighted by Crippen LogP contribution is 2.45. The van der Waals surface area contributed by atoms with E-state index in [-0.39, 0.29) is 18.6 Å². The Hall–Kier alpha value is -1.87. The van der Waals surface area contributed by atoms with Crippen LogP contribution in [0.25, 0.3) is 0 Å². The minimum absolute atomic E-state index is 0.00720. The summed E-state index contributed by atoms with van der Waals surface area (Å²) in [5.41, 5.74) is 4.72. The maximum Gasteiger partial charge on any atom is 0.305 e. The van der Waals surface area contributed by atoms with Crippen LogP contribution in [0.4, 0.5) is 0 Å². The van der Waals surface area contributed by atoms with Gasteiger partial charge in [-0.2, -0.15) is 0 Å². The Morgan fingerprint density at radius 2 is 1.21 bits per heavy atom. The molecule has 2 unspecified atom stereocenters. The molecule has 278 valence electrons. The van der Waals surface area contributed by atoms with Gasteiger partial charge in [0.25, 0.3) is 0 Å². The molecule has 2 rings (SSSR count). The highest BCUT2D eigenvalue weighted by Gasteiger charge is 2.34. The van der Waals surface area contributed by atoms with Crippen molar-refractivity contribution in [3.8, 4) is 11.5 Å². The van der Waals surface area contributed by atoms with Crippen LogP contribution in [-0.4, -0.2) is 76.1 Å². The first-order chi connectivity index (χ1) is 22.9. The molecule has 1 aliphatic heterocycles. The fourth-order valence-corrected chi connectivity index (χ4v) is 6.60. The van der Waals surface area contributed by atoms with Gasteiger partial charge in [0.1, 0.15) is 23.7 Å². The van der Waals surface area contributed by atoms with Gasteiger partial charge in [-0.25, -0.2) is 0 Å². The number of carboxylic acid groups (broad SMARTS) is 1. The van der Waals surface area contributed by atoms with Gasteiger partial charge >= 0.3 is 5.97 Å². The Bertz CT molecular complexity index is 1040. The summed E-state index contributed by atoms with van der Waals surface area (Å²) >= 11 is 0. The molecule has 0 fully saturated rings. The lowest BCUT2D eigenvalue weighted by Crippen LogP contribution is -2.37. The maximum atomic E-state index is 10.4. The summed E-state index contributed by atoms with van der Waals surface area (Å²) in [7, 11) is 0. The van der Waals surface area contributed by atoms with Gasteiger partial charge in [0.2, 0.25) is 0 Å². The SMILES string of the molecule is Cc1c(C)c2c(c(C)c1OCCOCCOCCOCCOCCC(=O)O)CC[C@@](C)(CCCC(C)CCCC(C)CCCC(C)C)O2. The lowest BCUT2D eigenvalue weighted by atomic mass is 9.83. The van der Waals surface area contributed by atoms with E-state index >= 15 is 0 Å². The van der Waals surface area contributed by atoms with E-state index in [2.05, 4.69) is 55.4 Å². The molecule has 0 aliphatic carbocycles. The number of benzene rings is 1. The first-order valence-electron chi connectivity index (χ1n) is 18.9. The third-order valence-corrected chi connectivity index (χ3v) is 9.89. The second-order valence-corrected chi connectivity index (χ2v) is 14.9. The van der Waals surface area contributed by atoms with Gasteiger partial charge in [-0.05, 0) is 87.8 Å². The number of ether oxygens (including phenoxy) is 6. The van der Waals surface area contributed by atoms with E-state index in [1.165, 1.54) is 68.1 Å². The summed E-state index contributed by atoms with van der Waals surface area (Å²) in [5, 5.41) is 8.57. The molecular weight excluding hydrogens is 608 g/mol. The van der Waals surface area contributed by atoms with Crippen LogP contribution in [0, 0.1) is 38.5 Å². The van der Waals surface area contributed by atoms with E-state index in [1.54, 1.807) is 0 Å². The highest BCUT2D eigenvalue weighted by atomic mass is 16.6. The molecule has 0 amide bonds. The van der Waals surface area contributed by atoms with E-state index in [4.69, 9.17) is 33.5 Å². The molecule has 0 aromatic heterocycles. The summed E-state index contributed by atoms with van der Waals surface area (Å²) in [6, 6.07) is 0. The number of hydrogen-bond donors (Lipinski definition) is 1. The van der Waals surface area contributed by atoms with E-state index in [0.717, 1.165) is 54.1 Å². The fourth-order valence-electron chi connectivity index (χ4n) is 6.60. The van der Waals surface area contributed by atoms with E-state index in [0.29, 0.717) is 52.9 Å².